The topological polar surface area (TPSA) is 165 Å². The van der Waals surface area contributed by atoms with Crippen LogP contribution in [0.4, 0.5) is 0 Å². The Hall–Kier alpha value is -2.69. The van der Waals surface area contributed by atoms with Crippen LogP contribution in [0.25, 0.3) is 0 Å². The molecule has 1 fully saturated rings. The van der Waals surface area contributed by atoms with Crippen LogP contribution < -0.4 is 5.32 Å². The van der Waals surface area contributed by atoms with E-state index in [1.54, 1.807) is 0 Å². The minimum atomic E-state index is -1.26. The predicted molar refractivity (Wildman–Crippen MR) is 78.6 cm³/mol. The van der Waals surface area contributed by atoms with E-state index in [2.05, 4.69) is 10.2 Å². The van der Waals surface area contributed by atoms with Gasteiger partial charge in [0.25, 0.3) is 5.09 Å². The van der Waals surface area contributed by atoms with Crippen molar-refractivity contribution in [2.75, 3.05) is 19.8 Å². The standard InChI is InChI=1S/C9H16N2O5.C4H4O4/c12-9(8-4-3-5-10-8)15-6-1-2-7-16-11(13)14;5-3(6)1-2-4(7)8/h8,10H,1-7H2;1-2H,(H,5,6)(H,7,8)/t8-;/m0./s1. The van der Waals surface area contributed by atoms with Gasteiger partial charge in [0.2, 0.25) is 0 Å². The second kappa shape index (κ2) is 12.8. The third kappa shape index (κ3) is 13.0. The molecule has 0 saturated carbocycles. The molecule has 0 unspecified atom stereocenters. The molecule has 3 N–H and O–H groups in total. The molecule has 11 nitrogen and oxygen atoms in total. The number of esters is 1. The molecule has 0 aliphatic carbocycles. The highest BCUT2D eigenvalue weighted by Crippen LogP contribution is 2.06. The van der Waals surface area contributed by atoms with Crippen LogP contribution in [-0.4, -0.2) is 59.0 Å². The Morgan fingerprint density at radius 1 is 1.17 bits per heavy atom. The van der Waals surface area contributed by atoms with Crippen molar-refractivity contribution in [3.05, 3.63) is 22.3 Å². The molecule has 1 atom stereocenters. The molecule has 1 heterocycles. The predicted octanol–water partition coefficient (Wildman–Crippen LogP) is -0.0181. The molecular weight excluding hydrogens is 328 g/mol. The van der Waals surface area contributed by atoms with E-state index < -0.39 is 17.0 Å². The van der Waals surface area contributed by atoms with Crippen molar-refractivity contribution in [3.8, 4) is 0 Å². The molecule has 1 aliphatic rings. The van der Waals surface area contributed by atoms with Crippen molar-refractivity contribution < 1.29 is 39.3 Å². The van der Waals surface area contributed by atoms with Crippen LogP contribution >= 0.6 is 0 Å². The number of carbonyl (C=O) groups excluding carboxylic acids is 1. The van der Waals surface area contributed by atoms with E-state index in [0.717, 1.165) is 19.4 Å². The van der Waals surface area contributed by atoms with Crippen molar-refractivity contribution in [2.45, 2.75) is 31.7 Å². The fraction of sp³-hybridized carbons (Fsp3) is 0.615. The molecule has 0 amide bonds. The smallest absolute Gasteiger partial charge is 0.328 e. The first kappa shape index (κ1) is 21.3. The van der Waals surface area contributed by atoms with E-state index in [9.17, 15) is 24.5 Å². The number of rotatable bonds is 9. The molecule has 1 aliphatic heterocycles. The zero-order valence-corrected chi connectivity index (χ0v) is 12.9. The Labute approximate surface area is 137 Å². The molecule has 0 aromatic rings. The number of ether oxygens (including phenoxy) is 1. The Balaban J connectivity index is 0.000000561. The number of carboxylic acid groups (broad SMARTS) is 2. The maximum atomic E-state index is 11.4. The fourth-order valence-electron chi connectivity index (χ4n) is 1.64. The Morgan fingerprint density at radius 2 is 1.75 bits per heavy atom. The number of hydrogen-bond donors (Lipinski definition) is 3. The summed E-state index contributed by atoms with van der Waals surface area (Å²) in [4.78, 5) is 44.4. The van der Waals surface area contributed by atoms with Gasteiger partial charge in [0.15, 0.2) is 0 Å². The highest BCUT2D eigenvalue weighted by molar-refractivity contribution is 5.89. The van der Waals surface area contributed by atoms with Crippen LogP contribution in [0, 0.1) is 10.1 Å². The highest BCUT2D eigenvalue weighted by atomic mass is 16.9. The van der Waals surface area contributed by atoms with Crippen LogP contribution in [0.3, 0.4) is 0 Å². The van der Waals surface area contributed by atoms with E-state index in [-0.39, 0.29) is 25.2 Å². The highest BCUT2D eigenvalue weighted by Gasteiger charge is 2.22. The van der Waals surface area contributed by atoms with Crippen LogP contribution in [0.1, 0.15) is 25.7 Å². The Morgan fingerprint density at radius 3 is 2.21 bits per heavy atom. The lowest BCUT2D eigenvalue weighted by atomic mass is 10.2. The van der Waals surface area contributed by atoms with Gasteiger partial charge in [-0.05, 0) is 32.2 Å². The van der Waals surface area contributed by atoms with Gasteiger partial charge in [-0.2, -0.15) is 0 Å². The maximum Gasteiger partial charge on any atom is 0.328 e. The number of hydrogen-bond acceptors (Lipinski definition) is 8. The molecule has 136 valence electrons. The first-order valence-corrected chi connectivity index (χ1v) is 7.14. The number of carbonyl (C=O) groups is 3. The van der Waals surface area contributed by atoms with E-state index in [1.165, 1.54) is 0 Å². The molecule has 24 heavy (non-hydrogen) atoms. The van der Waals surface area contributed by atoms with E-state index >= 15 is 0 Å². The summed E-state index contributed by atoms with van der Waals surface area (Å²) in [5.41, 5.74) is 0. The fourth-order valence-corrected chi connectivity index (χ4v) is 1.64. The van der Waals surface area contributed by atoms with Crippen molar-refractivity contribution in [1.29, 1.82) is 0 Å². The number of nitrogens with one attached hydrogen (secondary N) is 1. The molecule has 0 aromatic heterocycles. The monoisotopic (exact) mass is 348 g/mol. The average molecular weight is 348 g/mol. The zero-order chi connectivity index (χ0) is 18.4. The number of aliphatic carboxylic acids is 2. The van der Waals surface area contributed by atoms with Gasteiger partial charge in [-0.15, -0.1) is 10.1 Å². The summed E-state index contributed by atoms with van der Waals surface area (Å²) in [6.45, 7) is 1.20. The van der Waals surface area contributed by atoms with Gasteiger partial charge in [-0.3, -0.25) is 4.79 Å². The second-order valence-electron chi connectivity index (χ2n) is 4.59. The largest absolute Gasteiger partial charge is 0.478 e. The van der Waals surface area contributed by atoms with Gasteiger partial charge in [0, 0.05) is 12.2 Å². The molecular formula is C13H20N2O9. The van der Waals surface area contributed by atoms with Crippen LogP contribution in [-0.2, 0) is 24.0 Å². The van der Waals surface area contributed by atoms with Crippen molar-refractivity contribution >= 4 is 17.9 Å². The molecule has 1 rings (SSSR count). The van der Waals surface area contributed by atoms with E-state index in [1.807, 2.05) is 0 Å². The zero-order valence-electron chi connectivity index (χ0n) is 12.9. The minimum Gasteiger partial charge on any atom is -0.478 e. The van der Waals surface area contributed by atoms with Gasteiger partial charge in [0.1, 0.15) is 6.04 Å². The van der Waals surface area contributed by atoms with E-state index in [0.29, 0.717) is 25.0 Å². The lowest BCUT2D eigenvalue weighted by Crippen LogP contribution is -2.32. The number of nitrogens with zero attached hydrogens (tertiary/aromatic N) is 1. The summed E-state index contributed by atoms with van der Waals surface area (Å²) in [5, 5.41) is 27.6. The van der Waals surface area contributed by atoms with E-state index in [4.69, 9.17) is 14.9 Å². The van der Waals surface area contributed by atoms with Crippen molar-refractivity contribution in [2.24, 2.45) is 0 Å². The summed E-state index contributed by atoms with van der Waals surface area (Å²) < 4.78 is 5.01. The quantitative estimate of drug-likeness (QED) is 0.169. The maximum absolute atomic E-state index is 11.4. The molecule has 0 bridgehead atoms. The summed E-state index contributed by atoms with van der Waals surface area (Å²) >= 11 is 0. The van der Waals surface area contributed by atoms with Gasteiger partial charge in [-0.1, -0.05) is 0 Å². The minimum absolute atomic E-state index is 0.0478. The SMILES string of the molecule is O=C(O)C=CC(=O)O.O=C(OCCCCO[N+](=O)[O-])[C@@H]1CCCN1. The lowest BCUT2D eigenvalue weighted by Gasteiger charge is -2.09. The third-order valence-electron chi connectivity index (χ3n) is 2.69. The molecule has 11 heteroatoms. The lowest BCUT2D eigenvalue weighted by molar-refractivity contribution is -0.757. The molecule has 0 aromatic carbocycles. The Kier molecular flexibility index (Phi) is 11.4. The summed E-state index contributed by atoms with van der Waals surface area (Å²) in [7, 11) is 0. The third-order valence-corrected chi connectivity index (χ3v) is 2.69. The normalized spacial score (nSPS) is 16.1. The summed E-state index contributed by atoms with van der Waals surface area (Å²) in [6, 6.07) is -0.171. The molecule has 0 spiro atoms. The van der Waals surface area contributed by atoms with Crippen molar-refractivity contribution in [3.63, 3.8) is 0 Å². The number of carboxylic acids is 2. The molecule has 0 radical (unpaired) electrons. The number of unbranched alkanes of at least 4 members (excludes halogenated alkanes) is 1. The molecule has 1 saturated heterocycles. The van der Waals surface area contributed by atoms with Gasteiger partial charge in [0.05, 0.1) is 13.2 Å². The summed E-state index contributed by atoms with van der Waals surface area (Å²) in [5.74, 6) is -2.74. The van der Waals surface area contributed by atoms with Gasteiger partial charge < -0.3 is 25.1 Å². The van der Waals surface area contributed by atoms with Crippen molar-refractivity contribution in [1.82, 2.24) is 5.32 Å². The second-order valence-corrected chi connectivity index (χ2v) is 4.59. The van der Waals surface area contributed by atoms with Crippen LogP contribution in [0.5, 0.6) is 0 Å². The van der Waals surface area contributed by atoms with Crippen LogP contribution in [0.15, 0.2) is 12.2 Å². The van der Waals surface area contributed by atoms with Gasteiger partial charge in [-0.25, -0.2) is 9.59 Å². The Bertz CT molecular complexity index is 442. The average Bonchev–Trinajstić information content (AvgIpc) is 3.03. The first-order valence-electron chi connectivity index (χ1n) is 7.14. The van der Waals surface area contributed by atoms with Crippen LogP contribution in [0.2, 0.25) is 0 Å². The summed E-state index contributed by atoms with van der Waals surface area (Å²) in [6.07, 6.45) is 4.02. The van der Waals surface area contributed by atoms with Gasteiger partial charge >= 0.3 is 17.9 Å². The first-order chi connectivity index (χ1) is 11.3.